The second kappa shape index (κ2) is 4.92. The molecule has 0 aromatic rings. The van der Waals surface area contributed by atoms with E-state index in [9.17, 15) is 4.79 Å². The van der Waals surface area contributed by atoms with Crippen molar-refractivity contribution in [1.82, 2.24) is 0 Å². The zero-order valence-electron chi connectivity index (χ0n) is 7.41. The van der Waals surface area contributed by atoms with Gasteiger partial charge in [-0.2, -0.15) is 0 Å². The molecule has 0 atom stereocenters. The first-order chi connectivity index (χ1) is 6.29. The average molecular weight is 196 g/mol. The van der Waals surface area contributed by atoms with Crippen LogP contribution in [-0.2, 0) is 9.53 Å². The van der Waals surface area contributed by atoms with Gasteiger partial charge in [0.15, 0.2) is 0 Å². The molecule has 0 N–H and O–H groups in total. The minimum atomic E-state index is 0.110. The highest BCUT2D eigenvalue weighted by Crippen LogP contribution is 2.29. The number of thioether (sulfide) groups is 1. The smallest absolute Gasteiger partial charge is 0.219 e. The summed E-state index contributed by atoms with van der Waals surface area (Å²) in [7, 11) is 0. The number of carbonyl (C=O) groups excluding carboxylic acids is 1. The van der Waals surface area contributed by atoms with E-state index < -0.39 is 0 Å². The Morgan fingerprint density at radius 1 is 1.46 bits per heavy atom. The first kappa shape index (κ1) is 10.1. The third-order valence-corrected chi connectivity index (χ3v) is 2.56. The van der Waals surface area contributed by atoms with Gasteiger partial charge in [-0.05, 0) is 6.42 Å². The molecule has 0 aliphatic carbocycles. The monoisotopic (exact) mass is 196 g/mol. The van der Waals surface area contributed by atoms with Gasteiger partial charge >= 0.3 is 0 Å². The van der Waals surface area contributed by atoms with Gasteiger partial charge in [0.2, 0.25) is 5.12 Å². The van der Waals surface area contributed by atoms with Crippen molar-refractivity contribution in [3.63, 3.8) is 0 Å². The summed E-state index contributed by atoms with van der Waals surface area (Å²) in [6.07, 6.45) is 3.99. The lowest BCUT2D eigenvalue weighted by Gasteiger charge is -2.04. The van der Waals surface area contributed by atoms with Gasteiger partial charge in [0, 0.05) is 5.57 Å². The normalized spacial score (nSPS) is 16.2. The fourth-order valence-corrected chi connectivity index (χ4v) is 1.94. The molecule has 0 amide bonds. The molecule has 0 radical (unpaired) electrons. The number of carbonyl (C=O) groups is 1. The van der Waals surface area contributed by atoms with E-state index in [1.807, 2.05) is 0 Å². The zero-order chi connectivity index (χ0) is 9.68. The number of hydrogen-bond acceptors (Lipinski definition) is 3. The first-order valence-electron chi connectivity index (χ1n) is 4.03. The Hall–Kier alpha value is -0.960. The van der Waals surface area contributed by atoms with E-state index in [0.29, 0.717) is 18.8 Å². The Labute approximate surface area is 82.3 Å². The van der Waals surface area contributed by atoms with Crippen LogP contribution < -0.4 is 0 Å². The van der Waals surface area contributed by atoms with Gasteiger partial charge in [-0.25, -0.2) is 0 Å². The summed E-state index contributed by atoms with van der Waals surface area (Å²) in [6, 6.07) is 0. The van der Waals surface area contributed by atoms with Gasteiger partial charge in [0.1, 0.15) is 12.4 Å². The van der Waals surface area contributed by atoms with E-state index in [4.69, 9.17) is 4.74 Å². The van der Waals surface area contributed by atoms with E-state index in [1.54, 1.807) is 12.2 Å². The van der Waals surface area contributed by atoms with Crippen LogP contribution in [-0.4, -0.2) is 17.5 Å². The van der Waals surface area contributed by atoms with Crippen LogP contribution in [0.3, 0.4) is 0 Å². The molecule has 0 fully saturated rings. The molecule has 2 nitrogen and oxygen atoms in total. The average Bonchev–Trinajstić information content (AvgIpc) is 2.46. The molecule has 0 aromatic heterocycles. The lowest BCUT2D eigenvalue weighted by atomic mass is 10.2. The molecular formula is C10H12O2S. The van der Waals surface area contributed by atoms with Crippen molar-refractivity contribution in [3.8, 4) is 0 Å². The summed E-state index contributed by atoms with van der Waals surface area (Å²) < 4.78 is 5.36. The van der Waals surface area contributed by atoms with E-state index in [0.717, 1.165) is 11.3 Å². The molecule has 1 rings (SSSR count). The fraction of sp³-hybridized carbons (Fsp3) is 0.300. The minimum absolute atomic E-state index is 0.110. The maximum atomic E-state index is 11.3. The second-order valence-corrected chi connectivity index (χ2v) is 3.52. The van der Waals surface area contributed by atoms with Crippen LogP contribution in [0.1, 0.15) is 6.42 Å². The summed E-state index contributed by atoms with van der Waals surface area (Å²) in [5.41, 5.74) is 0.752. The van der Waals surface area contributed by atoms with Gasteiger partial charge in [0.25, 0.3) is 0 Å². The third-order valence-electron chi connectivity index (χ3n) is 1.64. The van der Waals surface area contributed by atoms with Crippen LogP contribution in [0.5, 0.6) is 0 Å². The van der Waals surface area contributed by atoms with Crippen LogP contribution in [0.25, 0.3) is 0 Å². The number of allylic oxidation sites excluding steroid dienone is 1. The minimum Gasteiger partial charge on any atom is -0.493 e. The quantitative estimate of drug-likeness (QED) is 0.631. The first-order valence-corrected chi connectivity index (χ1v) is 5.02. The summed E-state index contributed by atoms with van der Waals surface area (Å²) in [4.78, 5) is 11.3. The van der Waals surface area contributed by atoms with Crippen molar-refractivity contribution >= 4 is 16.9 Å². The van der Waals surface area contributed by atoms with Gasteiger partial charge in [0.05, 0.1) is 5.75 Å². The molecule has 0 unspecified atom stereocenters. The molecule has 0 bridgehead atoms. The largest absolute Gasteiger partial charge is 0.493 e. The molecule has 1 aliphatic heterocycles. The van der Waals surface area contributed by atoms with E-state index in [-0.39, 0.29) is 5.12 Å². The molecule has 0 saturated heterocycles. The highest BCUT2D eigenvalue weighted by atomic mass is 32.2. The number of rotatable bonds is 5. The maximum absolute atomic E-state index is 11.3. The highest BCUT2D eigenvalue weighted by Gasteiger charge is 2.23. The summed E-state index contributed by atoms with van der Waals surface area (Å²) in [5.74, 6) is 1.44. The van der Waals surface area contributed by atoms with Gasteiger partial charge < -0.3 is 4.74 Å². The van der Waals surface area contributed by atoms with Crippen LogP contribution >= 0.6 is 11.8 Å². The summed E-state index contributed by atoms with van der Waals surface area (Å²) >= 11 is 1.28. The summed E-state index contributed by atoms with van der Waals surface area (Å²) in [6.45, 7) is 7.62. The molecule has 1 aliphatic rings. The Morgan fingerprint density at radius 2 is 2.23 bits per heavy atom. The predicted molar refractivity (Wildman–Crippen MR) is 55.5 cm³/mol. The van der Waals surface area contributed by atoms with Crippen molar-refractivity contribution < 1.29 is 9.53 Å². The molecule has 1 heterocycles. The molecule has 0 spiro atoms. The van der Waals surface area contributed by atoms with E-state index in [1.165, 1.54) is 11.8 Å². The third kappa shape index (κ3) is 2.49. The molecule has 13 heavy (non-hydrogen) atoms. The van der Waals surface area contributed by atoms with Gasteiger partial charge in [-0.3, -0.25) is 4.79 Å². The van der Waals surface area contributed by atoms with Crippen LogP contribution in [0, 0.1) is 0 Å². The van der Waals surface area contributed by atoms with Crippen molar-refractivity contribution in [3.05, 3.63) is 36.6 Å². The van der Waals surface area contributed by atoms with Crippen molar-refractivity contribution in [2.75, 3.05) is 12.4 Å². The van der Waals surface area contributed by atoms with Crippen LogP contribution in [0.2, 0.25) is 0 Å². The van der Waals surface area contributed by atoms with Crippen LogP contribution in [0.15, 0.2) is 36.6 Å². The SMILES string of the molecule is C=CCOC1=C(CC=C)C(=O)SC1. The Kier molecular flexibility index (Phi) is 3.83. The van der Waals surface area contributed by atoms with Crippen molar-refractivity contribution in [1.29, 1.82) is 0 Å². The topological polar surface area (TPSA) is 26.3 Å². The maximum Gasteiger partial charge on any atom is 0.219 e. The molecular weight excluding hydrogens is 184 g/mol. The predicted octanol–water partition coefficient (Wildman–Crippen LogP) is 2.29. The molecule has 0 saturated carbocycles. The van der Waals surface area contributed by atoms with Gasteiger partial charge in [-0.15, -0.1) is 6.58 Å². The zero-order valence-corrected chi connectivity index (χ0v) is 8.23. The Bertz CT molecular complexity index is 266. The lowest BCUT2D eigenvalue weighted by Crippen LogP contribution is -1.97. The van der Waals surface area contributed by atoms with Gasteiger partial charge in [-0.1, -0.05) is 30.5 Å². The number of ether oxygens (including phenoxy) is 1. The lowest BCUT2D eigenvalue weighted by molar-refractivity contribution is -0.107. The number of hydrogen-bond donors (Lipinski definition) is 0. The van der Waals surface area contributed by atoms with Crippen molar-refractivity contribution in [2.24, 2.45) is 0 Å². The molecule has 0 aromatic carbocycles. The summed E-state index contributed by atoms with van der Waals surface area (Å²) in [5, 5.41) is 0.110. The molecule has 70 valence electrons. The fourth-order valence-electron chi connectivity index (χ4n) is 1.05. The Balaban J connectivity index is 2.69. The second-order valence-electron chi connectivity index (χ2n) is 2.57. The van der Waals surface area contributed by atoms with Crippen LogP contribution in [0.4, 0.5) is 0 Å². The molecule has 3 heteroatoms. The van der Waals surface area contributed by atoms with E-state index in [2.05, 4.69) is 13.2 Å². The standard InChI is InChI=1S/C10H12O2S/c1-3-5-8-9(12-6-4-2)7-13-10(8)11/h3-4H,1-2,5-7H2. The van der Waals surface area contributed by atoms with Crippen molar-refractivity contribution in [2.45, 2.75) is 6.42 Å². The Morgan fingerprint density at radius 3 is 2.85 bits per heavy atom. The highest BCUT2D eigenvalue weighted by molar-refractivity contribution is 8.14. The van der Waals surface area contributed by atoms with E-state index >= 15 is 0 Å².